The van der Waals surface area contributed by atoms with Crippen molar-refractivity contribution in [1.82, 2.24) is 0 Å². The molecule has 3 nitrogen and oxygen atoms in total. The molecular formula is C10H14N2OS. The van der Waals surface area contributed by atoms with Crippen molar-refractivity contribution in [1.29, 1.82) is 10.7 Å². The molecule has 4 heteroatoms. The molecule has 0 spiro atoms. The first-order valence-corrected chi connectivity index (χ1v) is 5.54. The first kappa shape index (κ1) is 11.3. The van der Waals surface area contributed by atoms with E-state index >= 15 is 0 Å². The number of hydrogen-bond acceptors (Lipinski definition) is 4. The van der Waals surface area contributed by atoms with Crippen molar-refractivity contribution in [2.45, 2.75) is 38.4 Å². The van der Waals surface area contributed by atoms with E-state index in [0.29, 0.717) is 29.6 Å². The monoisotopic (exact) mass is 210 g/mol. The van der Waals surface area contributed by atoms with E-state index in [4.69, 9.17) is 10.7 Å². The summed E-state index contributed by atoms with van der Waals surface area (Å²) < 4.78 is 0. The summed E-state index contributed by atoms with van der Waals surface area (Å²) in [6, 6.07) is 2.22. The van der Waals surface area contributed by atoms with E-state index in [2.05, 4.69) is 6.07 Å². The molecule has 2 unspecified atom stereocenters. The van der Waals surface area contributed by atoms with Gasteiger partial charge in [0.05, 0.1) is 11.1 Å². The lowest BCUT2D eigenvalue weighted by atomic mass is 9.81. The molecule has 1 saturated heterocycles. The summed E-state index contributed by atoms with van der Waals surface area (Å²) in [4.78, 5) is 10.9. The lowest BCUT2D eigenvalue weighted by Gasteiger charge is -2.18. The molecule has 1 fully saturated rings. The fraction of sp³-hybridized carbons (Fsp3) is 0.700. The zero-order valence-electron chi connectivity index (χ0n) is 8.46. The van der Waals surface area contributed by atoms with Gasteiger partial charge in [-0.1, -0.05) is 6.92 Å². The zero-order valence-corrected chi connectivity index (χ0v) is 9.28. The van der Waals surface area contributed by atoms with Crippen LogP contribution in [0.4, 0.5) is 0 Å². The van der Waals surface area contributed by atoms with Crippen molar-refractivity contribution in [3.05, 3.63) is 0 Å². The first-order valence-electron chi connectivity index (χ1n) is 4.66. The van der Waals surface area contributed by atoms with Crippen molar-refractivity contribution in [3.8, 4) is 6.07 Å². The third-order valence-electron chi connectivity index (χ3n) is 2.51. The summed E-state index contributed by atoms with van der Waals surface area (Å²) in [5.41, 5.74) is -0.671. The molecule has 0 aromatic heterocycles. The number of rotatable bonds is 3. The van der Waals surface area contributed by atoms with Crippen LogP contribution in [0.1, 0.15) is 33.1 Å². The first-order chi connectivity index (χ1) is 6.50. The SMILES string of the molecule is CC(=O)CCC1(C#N)CC(C)SC1=N. The van der Waals surface area contributed by atoms with Gasteiger partial charge in [-0.3, -0.25) is 5.41 Å². The molecular weight excluding hydrogens is 196 g/mol. The number of Topliss-reactive ketones (excluding diaryl/α,β-unsaturated/α-hetero) is 1. The number of thioether (sulfide) groups is 1. The van der Waals surface area contributed by atoms with E-state index in [0.717, 1.165) is 0 Å². The minimum Gasteiger partial charge on any atom is -0.300 e. The average molecular weight is 210 g/mol. The molecule has 0 radical (unpaired) electrons. The van der Waals surface area contributed by atoms with Gasteiger partial charge in [-0.25, -0.2) is 0 Å². The molecule has 14 heavy (non-hydrogen) atoms. The molecule has 1 rings (SSSR count). The fourth-order valence-corrected chi connectivity index (χ4v) is 2.92. The lowest BCUT2D eigenvalue weighted by molar-refractivity contribution is -0.117. The number of carbonyl (C=O) groups is 1. The van der Waals surface area contributed by atoms with E-state index in [1.165, 1.54) is 18.7 Å². The van der Waals surface area contributed by atoms with Gasteiger partial charge in [0.15, 0.2) is 0 Å². The van der Waals surface area contributed by atoms with E-state index in [9.17, 15) is 4.79 Å². The van der Waals surface area contributed by atoms with Crippen LogP contribution in [0.5, 0.6) is 0 Å². The minimum atomic E-state index is -0.671. The smallest absolute Gasteiger partial charge is 0.129 e. The number of carbonyl (C=O) groups excluding carboxylic acids is 1. The van der Waals surface area contributed by atoms with Crippen molar-refractivity contribution in [2.24, 2.45) is 5.41 Å². The van der Waals surface area contributed by atoms with Crippen molar-refractivity contribution in [3.63, 3.8) is 0 Å². The normalized spacial score (nSPS) is 31.5. The molecule has 0 bridgehead atoms. The molecule has 1 aliphatic heterocycles. The Morgan fingerprint density at radius 3 is 2.86 bits per heavy atom. The predicted molar refractivity (Wildman–Crippen MR) is 57.4 cm³/mol. The summed E-state index contributed by atoms with van der Waals surface area (Å²) in [7, 11) is 0. The molecule has 1 aliphatic rings. The summed E-state index contributed by atoms with van der Waals surface area (Å²) in [6.45, 7) is 3.55. The van der Waals surface area contributed by atoms with Crippen LogP contribution in [0.2, 0.25) is 0 Å². The van der Waals surface area contributed by atoms with Gasteiger partial charge in [0.2, 0.25) is 0 Å². The Balaban J connectivity index is 2.73. The zero-order chi connectivity index (χ0) is 10.8. The van der Waals surface area contributed by atoms with E-state index in [1.54, 1.807) is 0 Å². The summed E-state index contributed by atoms with van der Waals surface area (Å²) in [5.74, 6) is 0.0944. The fourth-order valence-electron chi connectivity index (χ4n) is 1.70. The highest BCUT2D eigenvalue weighted by Crippen LogP contribution is 2.45. The van der Waals surface area contributed by atoms with Crippen LogP contribution in [-0.2, 0) is 4.79 Å². The van der Waals surface area contributed by atoms with Gasteiger partial charge in [-0.15, -0.1) is 11.8 Å². The second kappa shape index (κ2) is 4.14. The number of hydrogen-bond donors (Lipinski definition) is 1. The molecule has 0 aromatic rings. The van der Waals surface area contributed by atoms with Crippen LogP contribution in [0.15, 0.2) is 0 Å². The lowest BCUT2D eigenvalue weighted by Crippen LogP contribution is -2.23. The quantitative estimate of drug-likeness (QED) is 0.777. The Morgan fingerprint density at radius 2 is 2.50 bits per heavy atom. The van der Waals surface area contributed by atoms with Gasteiger partial charge in [0.25, 0.3) is 0 Å². The van der Waals surface area contributed by atoms with Crippen LogP contribution >= 0.6 is 11.8 Å². The van der Waals surface area contributed by atoms with E-state index in [-0.39, 0.29) is 5.78 Å². The Bertz CT molecular complexity index is 308. The maximum absolute atomic E-state index is 10.9. The van der Waals surface area contributed by atoms with Gasteiger partial charge < -0.3 is 4.79 Å². The molecule has 0 amide bonds. The van der Waals surface area contributed by atoms with Crippen molar-refractivity contribution >= 4 is 22.6 Å². The van der Waals surface area contributed by atoms with E-state index in [1.807, 2.05) is 6.92 Å². The largest absolute Gasteiger partial charge is 0.300 e. The van der Waals surface area contributed by atoms with Gasteiger partial charge in [0.1, 0.15) is 11.2 Å². The standard InChI is InChI=1S/C10H14N2OS/c1-7(13)3-4-10(6-11)5-8(2)14-9(10)12/h8,12H,3-5H2,1-2H3. The Labute approximate surface area is 88.4 Å². The second-order valence-corrected chi connectivity index (χ2v) is 5.31. The van der Waals surface area contributed by atoms with Crippen LogP contribution < -0.4 is 0 Å². The third kappa shape index (κ3) is 2.16. The third-order valence-corrected chi connectivity index (χ3v) is 3.70. The van der Waals surface area contributed by atoms with Crippen molar-refractivity contribution < 1.29 is 4.79 Å². The molecule has 0 aliphatic carbocycles. The van der Waals surface area contributed by atoms with Crippen LogP contribution in [-0.4, -0.2) is 16.1 Å². The maximum atomic E-state index is 10.9. The van der Waals surface area contributed by atoms with Crippen LogP contribution in [0, 0.1) is 22.2 Å². The van der Waals surface area contributed by atoms with Gasteiger partial charge in [-0.05, 0) is 19.8 Å². The Hall–Kier alpha value is -0.820. The summed E-state index contributed by atoms with van der Waals surface area (Å²) in [5, 5.41) is 17.6. The topological polar surface area (TPSA) is 64.7 Å². The average Bonchev–Trinajstić information content (AvgIpc) is 2.38. The van der Waals surface area contributed by atoms with Gasteiger partial charge in [-0.2, -0.15) is 5.26 Å². The molecule has 2 atom stereocenters. The molecule has 76 valence electrons. The highest BCUT2D eigenvalue weighted by Gasteiger charge is 2.43. The molecule has 1 N–H and O–H groups in total. The number of nitriles is 1. The highest BCUT2D eigenvalue weighted by molar-refractivity contribution is 8.14. The maximum Gasteiger partial charge on any atom is 0.129 e. The number of nitrogens with zero attached hydrogens (tertiary/aromatic N) is 1. The summed E-state index contributed by atoms with van der Waals surface area (Å²) >= 11 is 1.45. The molecule has 1 heterocycles. The van der Waals surface area contributed by atoms with Gasteiger partial charge in [0, 0.05) is 11.7 Å². The van der Waals surface area contributed by atoms with Gasteiger partial charge >= 0.3 is 0 Å². The summed E-state index contributed by atoms with van der Waals surface area (Å²) in [6.07, 6.45) is 1.62. The highest BCUT2D eigenvalue weighted by atomic mass is 32.2. The van der Waals surface area contributed by atoms with Crippen LogP contribution in [0.25, 0.3) is 0 Å². The number of ketones is 1. The predicted octanol–water partition coefficient (Wildman–Crippen LogP) is 2.37. The molecule has 0 aromatic carbocycles. The minimum absolute atomic E-state index is 0.0944. The Kier molecular flexibility index (Phi) is 3.33. The van der Waals surface area contributed by atoms with Crippen LogP contribution in [0.3, 0.4) is 0 Å². The number of nitrogens with one attached hydrogen (secondary N) is 1. The molecule has 0 saturated carbocycles. The van der Waals surface area contributed by atoms with E-state index < -0.39 is 5.41 Å². The Morgan fingerprint density at radius 1 is 1.86 bits per heavy atom. The second-order valence-electron chi connectivity index (χ2n) is 3.86. The van der Waals surface area contributed by atoms with Crippen molar-refractivity contribution in [2.75, 3.05) is 0 Å².